The molecule has 0 heterocycles. The lowest BCUT2D eigenvalue weighted by atomic mass is 9.89. The van der Waals surface area contributed by atoms with Crippen molar-refractivity contribution in [3.63, 3.8) is 0 Å². The van der Waals surface area contributed by atoms with E-state index in [1.807, 2.05) is 0 Å². The van der Waals surface area contributed by atoms with Crippen molar-refractivity contribution in [2.24, 2.45) is 11.8 Å². The fraction of sp³-hybridized carbons (Fsp3) is 0.857. The molecule has 0 aromatic heterocycles. The van der Waals surface area contributed by atoms with Gasteiger partial charge < -0.3 is 14.6 Å². The molecule has 0 bridgehead atoms. The molecular weight excluding hydrogens is 344 g/mol. The standard InChI is InChI=1S/C21H38O4Si/c1-21(2,3)26(4,5)25-19(16-8-6-7-9-16)13-11-15-10-12-18(22)17(15)14-20(23)24/h10,16-19,22H,6-9,11-14H2,1-5H3,(H,23,24). The summed E-state index contributed by atoms with van der Waals surface area (Å²) in [6.45, 7) is 11.5. The van der Waals surface area contributed by atoms with Gasteiger partial charge >= 0.3 is 5.97 Å². The number of aliphatic hydroxyl groups excluding tert-OH is 1. The molecule has 2 aliphatic carbocycles. The summed E-state index contributed by atoms with van der Waals surface area (Å²) in [4.78, 5) is 11.1. The molecule has 2 rings (SSSR count). The highest BCUT2D eigenvalue weighted by Crippen LogP contribution is 2.42. The van der Waals surface area contributed by atoms with Gasteiger partial charge in [0, 0.05) is 12.0 Å². The lowest BCUT2D eigenvalue weighted by molar-refractivity contribution is -0.138. The predicted octanol–water partition coefficient (Wildman–Crippen LogP) is 5.13. The van der Waals surface area contributed by atoms with Gasteiger partial charge in [-0.1, -0.05) is 45.3 Å². The molecule has 0 spiro atoms. The molecule has 5 heteroatoms. The second kappa shape index (κ2) is 8.57. The minimum absolute atomic E-state index is 0.0319. The van der Waals surface area contributed by atoms with E-state index >= 15 is 0 Å². The summed E-state index contributed by atoms with van der Waals surface area (Å²) in [6, 6.07) is 0. The fourth-order valence-electron chi connectivity index (χ4n) is 4.16. The Hall–Kier alpha value is -0.653. The van der Waals surface area contributed by atoms with Gasteiger partial charge in [0.25, 0.3) is 0 Å². The Balaban J connectivity index is 2.04. The summed E-state index contributed by atoms with van der Waals surface area (Å²) in [6.07, 6.45) is 9.31. The zero-order chi connectivity index (χ0) is 19.5. The van der Waals surface area contributed by atoms with E-state index in [-0.39, 0.29) is 23.5 Å². The summed E-state index contributed by atoms with van der Waals surface area (Å²) in [7, 11) is -1.83. The molecule has 3 atom stereocenters. The maximum atomic E-state index is 11.1. The molecule has 0 radical (unpaired) electrons. The summed E-state index contributed by atoms with van der Waals surface area (Å²) in [5, 5.41) is 19.5. The normalized spacial score (nSPS) is 26.2. The van der Waals surface area contributed by atoms with E-state index < -0.39 is 20.4 Å². The summed E-state index contributed by atoms with van der Waals surface area (Å²) in [5.74, 6) is -0.412. The third-order valence-electron chi connectivity index (χ3n) is 6.85. The van der Waals surface area contributed by atoms with Crippen LogP contribution in [0.1, 0.15) is 72.1 Å². The summed E-state index contributed by atoms with van der Waals surface area (Å²) in [5.41, 5.74) is 1.13. The van der Waals surface area contributed by atoms with Crippen molar-refractivity contribution >= 4 is 14.3 Å². The van der Waals surface area contributed by atoms with Crippen molar-refractivity contribution in [1.29, 1.82) is 0 Å². The van der Waals surface area contributed by atoms with Crippen molar-refractivity contribution < 1.29 is 19.4 Å². The lowest BCUT2D eigenvalue weighted by Gasteiger charge is -2.41. The monoisotopic (exact) mass is 382 g/mol. The molecule has 2 aliphatic rings. The molecule has 26 heavy (non-hydrogen) atoms. The number of aliphatic hydroxyl groups is 1. The van der Waals surface area contributed by atoms with E-state index in [1.165, 1.54) is 25.7 Å². The van der Waals surface area contributed by atoms with Crippen LogP contribution in [0.3, 0.4) is 0 Å². The minimum Gasteiger partial charge on any atom is -0.481 e. The third-order valence-corrected chi connectivity index (χ3v) is 11.4. The van der Waals surface area contributed by atoms with Crippen LogP contribution in [-0.4, -0.2) is 36.7 Å². The molecule has 1 saturated carbocycles. The first kappa shape index (κ1) is 21.6. The first-order valence-corrected chi connectivity index (χ1v) is 13.2. The fourth-order valence-corrected chi connectivity index (χ4v) is 5.58. The van der Waals surface area contributed by atoms with Crippen LogP contribution >= 0.6 is 0 Å². The SMILES string of the molecule is CC(C)(C)[Si](C)(C)OC(CCC1=CCC(O)C1CC(=O)O)C1CCCC1. The molecule has 0 saturated heterocycles. The van der Waals surface area contributed by atoms with Crippen molar-refractivity contribution in [2.45, 2.75) is 102 Å². The van der Waals surface area contributed by atoms with Crippen LogP contribution in [0.25, 0.3) is 0 Å². The average molecular weight is 383 g/mol. The second-order valence-corrected chi connectivity index (χ2v) is 14.5. The molecule has 0 amide bonds. The Morgan fingerprint density at radius 1 is 1.31 bits per heavy atom. The molecule has 4 nitrogen and oxygen atoms in total. The van der Waals surface area contributed by atoms with Gasteiger partial charge in [-0.15, -0.1) is 0 Å². The predicted molar refractivity (Wildman–Crippen MR) is 108 cm³/mol. The number of hydrogen-bond donors (Lipinski definition) is 2. The first-order chi connectivity index (χ1) is 12.0. The second-order valence-electron chi connectivity index (χ2n) is 9.79. The van der Waals surface area contributed by atoms with Crippen molar-refractivity contribution in [3.8, 4) is 0 Å². The van der Waals surface area contributed by atoms with Gasteiger partial charge in [-0.3, -0.25) is 4.79 Å². The minimum atomic E-state index is -1.83. The van der Waals surface area contributed by atoms with Gasteiger partial charge in [0.05, 0.1) is 12.5 Å². The molecular formula is C21H38O4Si. The highest BCUT2D eigenvalue weighted by atomic mass is 28.4. The van der Waals surface area contributed by atoms with Crippen LogP contribution in [0.5, 0.6) is 0 Å². The molecule has 2 N–H and O–H groups in total. The lowest BCUT2D eigenvalue weighted by Crippen LogP contribution is -2.45. The Kier molecular flexibility index (Phi) is 7.14. The molecule has 1 fully saturated rings. The number of hydrogen-bond acceptors (Lipinski definition) is 3. The van der Waals surface area contributed by atoms with Crippen LogP contribution in [0, 0.1) is 11.8 Å². The van der Waals surface area contributed by atoms with E-state index in [9.17, 15) is 9.90 Å². The molecule has 150 valence electrons. The molecule has 3 unspecified atom stereocenters. The zero-order valence-corrected chi connectivity index (χ0v) is 18.3. The Bertz CT molecular complexity index is 515. The van der Waals surface area contributed by atoms with E-state index in [1.54, 1.807) is 0 Å². The van der Waals surface area contributed by atoms with E-state index in [0.717, 1.165) is 18.4 Å². The van der Waals surface area contributed by atoms with Crippen LogP contribution < -0.4 is 0 Å². The van der Waals surface area contributed by atoms with E-state index in [4.69, 9.17) is 9.53 Å². The van der Waals surface area contributed by atoms with Gasteiger partial charge in [-0.05, 0) is 56.2 Å². The maximum absolute atomic E-state index is 11.1. The largest absolute Gasteiger partial charge is 0.481 e. The van der Waals surface area contributed by atoms with Crippen LogP contribution in [0.15, 0.2) is 11.6 Å². The van der Waals surface area contributed by atoms with Gasteiger partial charge in [0.1, 0.15) is 0 Å². The van der Waals surface area contributed by atoms with Gasteiger partial charge in [-0.2, -0.15) is 0 Å². The maximum Gasteiger partial charge on any atom is 0.304 e. The smallest absolute Gasteiger partial charge is 0.304 e. The zero-order valence-electron chi connectivity index (χ0n) is 17.3. The number of aliphatic carboxylic acids is 1. The van der Waals surface area contributed by atoms with Crippen molar-refractivity contribution in [2.75, 3.05) is 0 Å². The number of rotatable bonds is 8. The van der Waals surface area contributed by atoms with Crippen LogP contribution in [-0.2, 0) is 9.22 Å². The highest BCUT2D eigenvalue weighted by molar-refractivity contribution is 6.74. The highest BCUT2D eigenvalue weighted by Gasteiger charge is 2.41. The van der Waals surface area contributed by atoms with Crippen molar-refractivity contribution in [1.82, 2.24) is 0 Å². The van der Waals surface area contributed by atoms with E-state index in [0.29, 0.717) is 12.3 Å². The van der Waals surface area contributed by atoms with E-state index in [2.05, 4.69) is 39.9 Å². The quantitative estimate of drug-likeness (QED) is 0.451. The Morgan fingerprint density at radius 3 is 2.46 bits per heavy atom. The van der Waals surface area contributed by atoms with Crippen LogP contribution in [0.2, 0.25) is 18.1 Å². The van der Waals surface area contributed by atoms with Gasteiger partial charge in [-0.25, -0.2) is 0 Å². The first-order valence-electron chi connectivity index (χ1n) is 10.3. The average Bonchev–Trinajstić information content (AvgIpc) is 3.14. The van der Waals surface area contributed by atoms with Gasteiger partial charge in [0.15, 0.2) is 8.32 Å². The number of carbonyl (C=O) groups is 1. The molecule has 0 aromatic rings. The summed E-state index contributed by atoms with van der Waals surface area (Å²) >= 11 is 0. The van der Waals surface area contributed by atoms with Gasteiger partial charge in [0.2, 0.25) is 0 Å². The third kappa shape index (κ3) is 5.43. The van der Waals surface area contributed by atoms with Crippen molar-refractivity contribution in [3.05, 3.63) is 11.6 Å². The topological polar surface area (TPSA) is 66.8 Å². The number of carboxylic acids is 1. The molecule has 0 aliphatic heterocycles. The molecule has 0 aromatic carbocycles. The number of carboxylic acid groups (broad SMARTS) is 1. The summed E-state index contributed by atoms with van der Waals surface area (Å²) < 4.78 is 6.82. The Morgan fingerprint density at radius 2 is 1.92 bits per heavy atom. The Labute approximate surface area is 160 Å². The van der Waals surface area contributed by atoms with Crippen LogP contribution in [0.4, 0.5) is 0 Å².